The maximum Gasteiger partial charge on any atom is 0.433 e. The largest absolute Gasteiger partial charge is 0.433 e. The summed E-state index contributed by atoms with van der Waals surface area (Å²) in [6.07, 6.45) is -1.87. The van der Waals surface area contributed by atoms with Crippen molar-refractivity contribution in [1.29, 1.82) is 0 Å². The second kappa shape index (κ2) is 7.75. The molecule has 0 radical (unpaired) electrons. The fourth-order valence-electron chi connectivity index (χ4n) is 2.50. The lowest BCUT2D eigenvalue weighted by Gasteiger charge is -2.14. The molecule has 0 spiro atoms. The number of nitrogen functional groups attached to an aromatic ring is 1. The van der Waals surface area contributed by atoms with Crippen molar-refractivity contribution in [3.63, 3.8) is 0 Å². The second-order valence-electron chi connectivity index (χ2n) is 6.23. The van der Waals surface area contributed by atoms with Crippen molar-refractivity contribution in [1.82, 2.24) is 15.0 Å². The van der Waals surface area contributed by atoms with Gasteiger partial charge >= 0.3 is 6.18 Å². The first kappa shape index (κ1) is 20.1. The van der Waals surface area contributed by atoms with E-state index in [4.69, 9.17) is 5.73 Å². The third kappa shape index (κ3) is 4.41. The minimum absolute atomic E-state index is 0.00362. The summed E-state index contributed by atoms with van der Waals surface area (Å²) in [5.41, 5.74) is 5.89. The van der Waals surface area contributed by atoms with Crippen LogP contribution in [0, 0.1) is 5.82 Å². The third-order valence-electron chi connectivity index (χ3n) is 3.73. The lowest BCUT2D eigenvalue weighted by molar-refractivity contribution is -0.141. The summed E-state index contributed by atoms with van der Waals surface area (Å²) in [4.78, 5) is 11.7. The van der Waals surface area contributed by atoms with Gasteiger partial charge in [-0.25, -0.2) is 14.4 Å². The van der Waals surface area contributed by atoms with Gasteiger partial charge in [-0.05, 0) is 29.8 Å². The second-order valence-corrected chi connectivity index (χ2v) is 7.80. The first-order valence-corrected chi connectivity index (χ1v) is 9.16. The normalized spacial score (nSPS) is 11.8. The van der Waals surface area contributed by atoms with Crippen LogP contribution in [0.15, 0.2) is 47.8 Å². The predicted octanol–water partition coefficient (Wildman–Crippen LogP) is 5.45. The minimum Gasteiger partial charge on any atom is -0.382 e. The van der Waals surface area contributed by atoms with Crippen molar-refractivity contribution >= 4 is 17.6 Å². The Morgan fingerprint density at radius 3 is 2.29 bits per heavy atom. The van der Waals surface area contributed by atoms with Crippen molar-refractivity contribution < 1.29 is 17.6 Å². The summed E-state index contributed by atoms with van der Waals surface area (Å²) in [6.45, 7) is 3.69. The van der Waals surface area contributed by atoms with Gasteiger partial charge in [0.15, 0.2) is 0 Å². The highest BCUT2D eigenvalue weighted by Gasteiger charge is 2.33. The summed E-state index contributed by atoms with van der Waals surface area (Å²) >= 11 is 1.19. The zero-order chi connectivity index (χ0) is 20.5. The van der Waals surface area contributed by atoms with E-state index in [1.807, 2.05) is 13.8 Å². The van der Waals surface area contributed by atoms with Crippen LogP contribution in [0.2, 0.25) is 0 Å². The van der Waals surface area contributed by atoms with Gasteiger partial charge in [0.05, 0.1) is 18.1 Å². The van der Waals surface area contributed by atoms with Gasteiger partial charge in [-0.15, -0.1) is 11.8 Å². The Labute approximate surface area is 163 Å². The van der Waals surface area contributed by atoms with E-state index in [1.165, 1.54) is 42.4 Å². The smallest absolute Gasteiger partial charge is 0.382 e. The van der Waals surface area contributed by atoms with Crippen LogP contribution in [0.3, 0.4) is 0 Å². The molecular weight excluding hydrogens is 392 g/mol. The van der Waals surface area contributed by atoms with Gasteiger partial charge in [0, 0.05) is 16.4 Å². The summed E-state index contributed by atoms with van der Waals surface area (Å²) in [5, 5.41) is 0.202. The molecule has 1 aromatic carbocycles. The van der Waals surface area contributed by atoms with Crippen molar-refractivity contribution in [3.05, 3.63) is 54.2 Å². The molecule has 0 unspecified atom stereocenters. The van der Waals surface area contributed by atoms with Crippen LogP contribution in [0.5, 0.6) is 0 Å². The molecule has 0 saturated carbocycles. The third-order valence-corrected chi connectivity index (χ3v) is 4.73. The molecule has 3 rings (SSSR count). The van der Waals surface area contributed by atoms with Gasteiger partial charge < -0.3 is 5.73 Å². The Bertz CT molecular complexity index is 988. The molecule has 28 heavy (non-hydrogen) atoms. The predicted molar refractivity (Wildman–Crippen MR) is 101 cm³/mol. The summed E-state index contributed by atoms with van der Waals surface area (Å²) in [5.74, 6) is -0.357. The topological polar surface area (TPSA) is 64.7 Å². The Balaban J connectivity index is 2.05. The fourth-order valence-corrected chi connectivity index (χ4v) is 3.41. The van der Waals surface area contributed by atoms with Crippen molar-refractivity contribution in [3.8, 4) is 22.4 Å². The Morgan fingerprint density at radius 2 is 1.71 bits per heavy atom. The first-order valence-electron chi connectivity index (χ1n) is 8.28. The maximum atomic E-state index is 14.7. The fraction of sp³-hybridized carbons (Fsp3) is 0.211. The summed E-state index contributed by atoms with van der Waals surface area (Å²) in [7, 11) is 0. The van der Waals surface area contributed by atoms with E-state index in [2.05, 4.69) is 15.0 Å². The number of nitrogens with two attached hydrogens (primary N) is 1. The van der Waals surface area contributed by atoms with Crippen LogP contribution in [0.4, 0.5) is 23.4 Å². The molecule has 146 valence electrons. The van der Waals surface area contributed by atoms with Crippen LogP contribution in [0.1, 0.15) is 19.5 Å². The van der Waals surface area contributed by atoms with Gasteiger partial charge in [-0.3, -0.25) is 4.98 Å². The van der Waals surface area contributed by atoms with Gasteiger partial charge in [0.25, 0.3) is 0 Å². The monoisotopic (exact) mass is 408 g/mol. The van der Waals surface area contributed by atoms with Gasteiger partial charge in [-0.2, -0.15) is 13.2 Å². The quantitative estimate of drug-likeness (QED) is 0.460. The number of pyridine rings is 1. The number of thioether (sulfide) groups is 1. The lowest BCUT2D eigenvalue weighted by Crippen LogP contribution is -2.09. The number of alkyl halides is 3. The summed E-state index contributed by atoms with van der Waals surface area (Å²) in [6, 6.07) is 6.59. The molecule has 0 atom stereocenters. The number of rotatable bonds is 4. The molecule has 0 fully saturated rings. The molecule has 9 heteroatoms. The Morgan fingerprint density at radius 1 is 1.00 bits per heavy atom. The molecule has 4 nitrogen and oxygen atoms in total. The number of aromatic nitrogens is 3. The van der Waals surface area contributed by atoms with E-state index >= 15 is 0 Å². The number of anilines is 1. The van der Waals surface area contributed by atoms with Crippen LogP contribution < -0.4 is 5.73 Å². The van der Waals surface area contributed by atoms with E-state index in [1.54, 1.807) is 6.07 Å². The molecular formula is C19H16F4N4S. The van der Waals surface area contributed by atoms with E-state index < -0.39 is 17.7 Å². The number of hydrogen-bond acceptors (Lipinski definition) is 5. The number of hydrogen-bond donors (Lipinski definition) is 1. The van der Waals surface area contributed by atoms with E-state index in [0.717, 1.165) is 6.07 Å². The molecule has 0 aliphatic rings. The van der Waals surface area contributed by atoms with Gasteiger partial charge in [0.2, 0.25) is 0 Å². The highest BCUT2D eigenvalue weighted by Crippen LogP contribution is 2.37. The molecule has 0 aliphatic carbocycles. The SMILES string of the molecule is CC(C)Sc1nc(C(F)(F)F)ccc1-c1ccc(-c2cnc(N)cn2)c(F)c1. The molecule has 0 saturated heterocycles. The molecule has 0 bridgehead atoms. The van der Waals surface area contributed by atoms with Crippen LogP contribution >= 0.6 is 11.8 Å². The van der Waals surface area contributed by atoms with Crippen molar-refractivity contribution in [2.75, 3.05) is 5.73 Å². The molecule has 2 aromatic heterocycles. The van der Waals surface area contributed by atoms with Gasteiger partial charge in [0.1, 0.15) is 22.4 Å². The minimum atomic E-state index is -4.55. The zero-order valence-corrected chi connectivity index (χ0v) is 15.8. The van der Waals surface area contributed by atoms with E-state index in [-0.39, 0.29) is 21.7 Å². The highest BCUT2D eigenvalue weighted by atomic mass is 32.2. The van der Waals surface area contributed by atoms with E-state index in [0.29, 0.717) is 16.8 Å². The van der Waals surface area contributed by atoms with Crippen LogP contribution in [-0.2, 0) is 6.18 Å². The molecule has 0 amide bonds. The van der Waals surface area contributed by atoms with Crippen LogP contribution in [0.25, 0.3) is 22.4 Å². The maximum absolute atomic E-state index is 14.7. The molecule has 0 aliphatic heterocycles. The Hall–Kier alpha value is -2.68. The first-order chi connectivity index (χ1) is 13.1. The highest BCUT2D eigenvalue weighted by molar-refractivity contribution is 7.99. The molecule has 2 N–H and O–H groups in total. The van der Waals surface area contributed by atoms with Gasteiger partial charge in [-0.1, -0.05) is 19.9 Å². The zero-order valence-electron chi connectivity index (χ0n) is 15.0. The van der Waals surface area contributed by atoms with Crippen molar-refractivity contribution in [2.24, 2.45) is 0 Å². The standard InChI is InChI=1S/C19H16F4N4S/c1-10(2)28-18-12(5-6-16(27-18)19(21,22)23)11-3-4-13(14(20)7-11)15-8-26-17(24)9-25-15/h3-10H,1-2H3,(H2,24,26). The number of halogens is 4. The molecule has 3 aromatic rings. The lowest BCUT2D eigenvalue weighted by atomic mass is 10.0. The van der Waals surface area contributed by atoms with E-state index in [9.17, 15) is 17.6 Å². The summed E-state index contributed by atoms with van der Waals surface area (Å²) < 4.78 is 53.7. The Kier molecular flexibility index (Phi) is 5.55. The van der Waals surface area contributed by atoms with Crippen LogP contribution in [-0.4, -0.2) is 20.2 Å². The number of nitrogens with zero attached hydrogens (tertiary/aromatic N) is 3. The average Bonchev–Trinajstić information content (AvgIpc) is 2.61. The molecule has 2 heterocycles. The van der Waals surface area contributed by atoms with Crippen molar-refractivity contribution in [2.45, 2.75) is 30.3 Å². The average molecular weight is 408 g/mol. The number of benzene rings is 1.